The second-order valence-corrected chi connectivity index (χ2v) is 5.26. The Bertz CT molecular complexity index is 610. The fourth-order valence-corrected chi connectivity index (χ4v) is 2.69. The topological polar surface area (TPSA) is 83.4 Å². The number of nitrogens with one attached hydrogen (secondary N) is 1. The Morgan fingerprint density at radius 2 is 2.05 bits per heavy atom. The molecule has 1 heterocycles. The molecule has 1 aromatic rings. The van der Waals surface area contributed by atoms with E-state index in [1.807, 2.05) is 30.3 Å². The van der Waals surface area contributed by atoms with Gasteiger partial charge in [0.2, 0.25) is 5.96 Å². The van der Waals surface area contributed by atoms with Gasteiger partial charge in [0.1, 0.15) is 0 Å². The maximum atomic E-state index is 12.1. The van der Waals surface area contributed by atoms with Crippen molar-refractivity contribution < 1.29 is 13.2 Å². The van der Waals surface area contributed by atoms with Crippen LogP contribution in [0.5, 0.6) is 0 Å². The minimum atomic E-state index is -3.84. The number of amidine groups is 1. The molecule has 0 saturated carbocycles. The van der Waals surface area contributed by atoms with Crippen molar-refractivity contribution in [1.29, 1.82) is 0 Å². The van der Waals surface area contributed by atoms with Crippen LogP contribution in [0.15, 0.2) is 39.7 Å². The van der Waals surface area contributed by atoms with Gasteiger partial charge in [0, 0.05) is 7.05 Å². The maximum Gasteiger partial charge on any atom is 0.351 e. The first-order chi connectivity index (χ1) is 9.06. The summed E-state index contributed by atoms with van der Waals surface area (Å²) in [5.41, 5.74) is 0.838. The predicted molar refractivity (Wildman–Crippen MR) is 71.8 cm³/mol. The molecule has 102 valence electrons. The number of ether oxygens (including phenoxy) is 1. The number of aliphatic imine (C=N–C) groups is 1. The third kappa shape index (κ3) is 2.84. The van der Waals surface area contributed by atoms with Crippen LogP contribution in [0.1, 0.15) is 5.56 Å². The highest BCUT2D eigenvalue weighted by Crippen LogP contribution is 2.14. The summed E-state index contributed by atoms with van der Waals surface area (Å²) in [5, 5.41) is 2.70. The van der Waals surface area contributed by atoms with Crippen LogP contribution in [-0.4, -0.2) is 38.9 Å². The number of guanidine groups is 1. The van der Waals surface area contributed by atoms with Crippen LogP contribution in [0.2, 0.25) is 0 Å². The Kier molecular flexibility index (Phi) is 3.70. The monoisotopic (exact) mass is 282 g/mol. The van der Waals surface area contributed by atoms with Crippen molar-refractivity contribution in [2.45, 2.75) is 6.54 Å². The predicted octanol–water partition coefficient (Wildman–Crippen LogP) is 0.325. The van der Waals surface area contributed by atoms with Crippen molar-refractivity contribution in [2.24, 2.45) is 9.39 Å². The molecule has 8 heteroatoms. The number of benzene rings is 1. The molecule has 0 radical (unpaired) electrons. The average molecular weight is 282 g/mol. The second kappa shape index (κ2) is 5.27. The molecule has 0 aliphatic carbocycles. The number of methoxy groups -OCH3 is 1. The third-order valence-corrected chi connectivity index (χ3v) is 3.76. The molecular weight excluding hydrogens is 268 g/mol. The summed E-state index contributed by atoms with van der Waals surface area (Å²) in [5.74, 6) is 0.177. The van der Waals surface area contributed by atoms with Gasteiger partial charge in [-0.1, -0.05) is 34.7 Å². The minimum absolute atomic E-state index is 0.0927. The molecule has 1 aliphatic rings. The van der Waals surface area contributed by atoms with Gasteiger partial charge in [-0.2, -0.15) is 8.42 Å². The van der Waals surface area contributed by atoms with Gasteiger partial charge in [0.05, 0.1) is 13.7 Å². The Hall–Kier alpha value is -2.09. The largest absolute Gasteiger partial charge is 0.468 e. The lowest BCUT2D eigenvalue weighted by Crippen LogP contribution is -2.51. The lowest BCUT2D eigenvalue weighted by Gasteiger charge is -2.27. The highest BCUT2D eigenvalue weighted by Gasteiger charge is 2.31. The lowest BCUT2D eigenvalue weighted by molar-refractivity contribution is 0.383. The highest BCUT2D eigenvalue weighted by molar-refractivity contribution is 7.88. The molecule has 19 heavy (non-hydrogen) atoms. The number of rotatable bonds is 2. The third-order valence-electron chi connectivity index (χ3n) is 2.51. The van der Waals surface area contributed by atoms with E-state index in [1.165, 1.54) is 14.2 Å². The van der Waals surface area contributed by atoms with Crippen molar-refractivity contribution in [3.63, 3.8) is 0 Å². The molecule has 0 spiro atoms. The zero-order valence-electron chi connectivity index (χ0n) is 10.6. The van der Waals surface area contributed by atoms with Crippen LogP contribution in [0.25, 0.3) is 0 Å². The van der Waals surface area contributed by atoms with E-state index in [-0.39, 0.29) is 18.5 Å². The van der Waals surface area contributed by atoms with Crippen LogP contribution < -0.4 is 5.32 Å². The Labute approximate surface area is 111 Å². The molecule has 0 unspecified atom stereocenters. The summed E-state index contributed by atoms with van der Waals surface area (Å²) in [4.78, 5) is 3.91. The molecule has 7 nitrogen and oxygen atoms in total. The van der Waals surface area contributed by atoms with E-state index in [0.29, 0.717) is 0 Å². The summed E-state index contributed by atoms with van der Waals surface area (Å²) in [6.45, 7) is 0.156. The van der Waals surface area contributed by atoms with Crippen molar-refractivity contribution in [3.8, 4) is 0 Å². The van der Waals surface area contributed by atoms with Crippen molar-refractivity contribution in [2.75, 3.05) is 14.2 Å². The van der Waals surface area contributed by atoms with E-state index in [1.54, 1.807) is 0 Å². The highest BCUT2D eigenvalue weighted by atomic mass is 32.2. The van der Waals surface area contributed by atoms with Gasteiger partial charge in [-0.25, -0.2) is 4.31 Å². The van der Waals surface area contributed by atoms with E-state index in [0.717, 1.165) is 9.87 Å². The average Bonchev–Trinajstić information content (AvgIpc) is 2.41. The molecule has 0 aromatic heterocycles. The van der Waals surface area contributed by atoms with E-state index in [2.05, 4.69) is 14.7 Å². The Morgan fingerprint density at radius 1 is 1.37 bits per heavy atom. The lowest BCUT2D eigenvalue weighted by atomic mass is 10.2. The van der Waals surface area contributed by atoms with Crippen molar-refractivity contribution in [3.05, 3.63) is 35.9 Å². The van der Waals surface area contributed by atoms with Crippen LogP contribution in [0, 0.1) is 0 Å². The molecular formula is C11H14N4O3S. The SMILES string of the molecule is CN=C1NC(OC)=NS(=O)(=O)N1Cc1ccccc1. The molecule has 0 atom stereocenters. The molecule has 0 amide bonds. The molecule has 0 fully saturated rings. The number of nitrogens with zero attached hydrogens (tertiary/aromatic N) is 3. The van der Waals surface area contributed by atoms with Gasteiger partial charge in [0.25, 0.3) is 0 Å². The van der Waals surface area contributed by atoms with Gasteiger partial charge in [0.15, 0.2) is 0 Å². The summed E-state index contributed by atoms with van der Waals surface area (Å²) in [7, 11) is -1.01. The quantitative estimate of drug-likeness (QED) is 0.847. The Balaban J connectivity index is 2.35. The van der Waals surface area contributed by atoms with Gasteiger partial charge in [-0.3, -0.25) is 10.3 Å². The first kappa shape index (κ1) is 13.3. The number of hydrogen-bond donors (Lipinski definition) is 1. The zero-order valence-corrected chi connectivity index (χ0v) is 11.4. The summed E-state index contributed by atoms with van der Waals surface area (Å²) >= 11 is 0. The molecule has 1 N–H and O–H groups in total. The molecule has 1 aliphatic heterocycles. The van der Waals surface area contributed by atoms with Gasteiger partial charge >= 0.3 is 16.2 Å². The summed E-state index contributed by atoms with van der Waals surface area (Å²) in [6.07, 6.45) is 0. The smallest absolute Gasteiger partial charge is 0.351 e. The van der Waals surface area contributed by atoms with E-state index >= 15 is 0 Å². The first-order valence-corrected chi connectivity index (χ1v) is 6.91. The van der Waals surface area contributed by atoms with Crippen molar-refractivity contribution in [1.82, 2.24) is 9.62 Å². The fourth-order valence-electron chi connectivity index (χ4n) is 1.61. The summed E-state index contributed by atoms with van der Waals surface area (Å²) in [6, 6.07) is 9.11. The Morgan fingerprint density at radius 3 is 2.63 bits per heavy atom. The minimum Gasteiger partial charge on any atom is -0.468 e. The maximum absolute atomic E-state index is 12.1. The second-order valence-electron chi connectivity index (χ2n) is 3.74. The number of hydrogen-bond acceptors (Lipinski definition) is 4. The molecule has 0 saturated heterocycles. The first-order valence-electron chi connectivity index (χ1n) is 5.51. The zero-order chi connectivity index (χ0) is 13.9. The van der Waals surface area contributed by atoms with Gasteiger partial charge in [-0.15, -0.1) is 0 Å². The molecule has 1 aromatic carbocycles. The standard InChI is InChI=1S/C11H14N4O3S/c1-12-10-13-11(18-2)14-19(16,17)15(10)8-9-6-4-3-5-7-9/h3-7H,8H2,1-2H3,(H,12,13,14). The molecule has 0 bridgehead atoms. The van der Waals surface area contributed by atoms with E-state index in [4.69, 9.17) is 4.74 Å². The van der Waals surface area contributed by atoms with Crippen LogP contribution in [0.3, 0.4) is 0 Å². The normalized spacial score (nSPS) is 19.8. The van der Waals surface area contributed by atoms with E-state index < -0.39 is 10.2 Å². The van der Waals surface area contributed by atoms with Crippen LogP contribution in [-0.2, 0) is 21.5 Å². The van der Waals surface area contributed by atoms with Crippen LogP contribution >= 0.6 is 0 Å². The van der Waals surface area contributed by atoms with Crippen molar-refractivity contribution >= 4 is 22.2 Å². The molecule has 2 rings (SSSR count). The van der Waals surface area contributed by atoms with Gasteiger partial charge < -0.3 is 4.74 Å². The van der Waals surface area contributed by atoms with E-state index in [9.17, 15) is 8.42 Å². The summed E-state index contributed by atoms with van der Waals surface area (Å²) < 4.78 is 33.5. The van der Waals surface area contributed by atoms with Crippen LogP contribution in [0.4, 0.5) is 0 Å². The fraction of sp³-hybridized carbons (Fsp3) is 0.273. The van der Waals surface area contributed by atoms with Gasteiger partial charge in [-0.05, 0) is 5.56 Å².